The second-order valence-electron chi connectivity index (χ2n) is 13.1. The summed E-state index contributed by atoms with van der Waals surface area (Å²) >= 11 is 17.8. The van der Waals surface area contributed by atoms with Gasteiger partial charge in [0.1, 0.15) is 0 Å². The van der Waals surface area contributed by atoms with Gasteiger partial charge in [0.25, 0.3) is 0 Å². The predicted octanol–water partition coefficient (Wildman–Crippen LogP) is 11.2. The van der Waals surface area contributed by atoms with Gasteiger partial charge in [0, 0.05) is 86.8 Å². The Morgan fingerprint density at radius 3 is 1.56 bits per heavy atom. The first-order valence-corrected chi connectivity index (χ1v) is 23.7. The Morgan fingerprint density at radius 2 is 1.14 bits per heavy atom. The first kappa shape index (κ1) is 52.9. The molecule has 63 heavy (non-hydrogen) atoms. The van der Waals surface area contributed by atoms with Crippen LogP contribution in [-0.4, -0.2) is 94.2 Å². The minimum atomic E-state index is -0.986. The lowest BCUT2D eigenvalue weighted by atomic mass is 9.08. The number of esters is 1. The van der Waals surface area contributed by atoms with Gasteiger partial charge in [-0.15, -0.1) is 22.7 Å². The highest BCUT2D eigenvalue weighted by molar-refractivity contribution is 14.1. The molecule has 0 atom stereocenters. The maximum atomic E-state index is 12.3. The number of benzene rings is 4. The summed E-state index contributed by atoms with van der Waals surface area (Å²) in [6, 6.07) is 29.1. The number of carboxylic acid groups (broad SMARTS) is 1. The normalized spacial score (nSPS) is 10.5. The van der Waals surface area contributed by atoms with Gasteiger partial charge in [-0.3, -0.25) is 0 Å². The molecule has 1 N–H and O–H groups in total. The third-order valence-corrected chi connectivity index (χ3v) is 11.4. The van der Waals surface area contributed by atoms with Crippen LogP contribution in [-0.2, 0) is 4.74 Å². The zero-order valence-electron chi connectivity index (χ0n) is 35.4. The summed E-state index contributed by atoms with van der Waals surface area (Å²) < 4.78 is 6.64. The molecular formula is C44H45B4Cl2IN6O4S2. The summed E-state index contributed by atoms with van der Waals surface area (Å²) in [6.45, 7) is 4.68. The van der Waals surface area contributed by atoms with E-state index >= 15 is 0 Å². The average molecular weight is 1030 g/mol. The Morgan fingerprint density at radius 1 is 0.730 bits per heavy atom. The summed E-state index contributed by atoms with van der Waals surface area (Å²) in [7, 11) is 17.6. The van der Waals surface area contributed by atoms with Gasteiger partial charge >= 0.3 is 11.9 Å². The Balaban J connectivity index is 0.000000283. The maximum absolute atomic E-state index is 12.3. The molecule has 2 heterocycles. The molecule has 2 aromatic heterocycles. The van der Waals surface area contributed by atoms with Crippen LogP contribution < -0.4 is 10.0 Å². The van der Waals surface area contributed by atoms with E-state index in [0.717, 1.165) is 40.5 Å². The van der Waals surface area contributed by atoms with E-state index in [0.29, 0.717) is 38.5 Å². The average Bonchev–Trinajstić information content (AvgIpc) is 3.98. The van der Waals surface area contributed by atoms with Crippen molar-refractivity contribution in [1.29, 1.82) is 0 Å². The van der Waals surface area contributed by atoms with E-state index in [1.165, 1.54) is 46.2 Å². The number of aromatic carboxylic acids is 1. The number of ether oxygens (including phenoxy) is 1. The van der Waals surface area contributed by atoms with Crippen LogP contribution >= 0.6 is 68.5 Å². The van der Waals surface area contributed by atoms with Crippen molar-refractivity contribution in [3.8, 4) is 22.5 Å². The summed E-state index contributed by atoms with van der Waals surface area (Å²) in [5.74, 6) is -1.32. The highest BCUT2D eigenvalue weighted by Crippen LogP contribution is 2.33. The molecule has 0 saturated carbocycles. The van der Waals surface area contributed by atoms with E-state index in [4.69, 9.17) is 27.9 Å². The Bertz CT molecular complexity index is 2390. The van der Waals surface area contributed by atoms with E-state index in [1.807, 2.05) is 84.5 Å². The first-order chi connectivity index (χ1) is 30.3. The second-order valence-corrected chi connectivity index (χ2v) is 16.7. The number of hydrogen-bond acceptors (Lipinski definition) is 11. The molecule has 6 radical (unpaired) electrons. The smallest absolute Gasteiger partial charge is 0.338 e. The number of unbranched alkanes of at least 4 members (excludes halogenated alkanes) is 2. The number of hydrogen-bond donors (Lipinski definition) is 1. The number of carbonyl (C=O) groups excluding carboxylic acids is 1. The second kappa shape index (κ2) is 29.1. The first-order valence-electron chi connectivity index (χ1n) is 19.7. The predicted molar refractivity (Wildman–Crippen MR) is 279 cm³/mol. The quantitative estimate of drug-likeness (QED) is 0.0205. The number of rotatable bonds is 15. The van der Waals surface area contributed by atoms with Crippen molar-refractivity contribution < 1.29 is 19.4 Å². The summed E-state index contributed by atoms with van der Waals surface area (Å²) in [6.07, 6.45) is 7.03. The fourth-order valence-corrected chi connectivity index (χ4v) is 7.65. The van der Waals surface area contributed by atoms with Gasteiger partial charge in [0.2, 0.25) is 10.3 Å². The van der Waals surface area contributed by atoms with E-state index in [9.17, 15) is 14.7 Å². The number of alkyl halides is 1. The Hall–Kier alpha value is -4.41. The molecule has 0 fully saturated rings. The number of halogens is 3. The van der Waals surface area contributed by atoms with Crippen molar-refractivity contribution in [3.05, 3.63) is 140 Å². The van der Waals surface area contributed by atoms with Crippen molar-refractivity contribution in [2.75, 3.05) is 35.1 Å². The zero-order valence-corrected chi connectivity index (χ0v) is 40.7. The molecule has 4 aromatic carbocycles. The Labute approximate surface area is 406 Å². The van der Waals surface area contributed by atoms with Crippen molar-refractivity contribution in [3.63, 3.8) is 0 Å². The molecule has 0 saturated heterocycles. The van der Waals surface area contributed by atoms with Crippen LogP contribution in [0.3, 0.4) is 0 Å². The van der Waals surface area contributed by atoms with Crippen molar-refractivity contribution >= 4 is 133 Å². The molecule has 19 heteroatoms. The van der Waals surface area contributed by atoms with E-state index in [2.05, 4.69) is 79.8 Å². The van der Waals surface area contributed by atoms with Gasteiger partial charge in [-0.05, 0) is 41.5 Å². The van der Waals surface area contributed by atoms with Crippen LogP contribution in [0.2, 0.25) is 10.0 Å². The van der Waals surface area contributed by atoms with E-state index < -0.39 is 12.4 Å². The van der Waals surface area contributed by atoms with Gasteiger partial charge in [-0.1, -0.05) is 145 Å². The molecule has 0 aliphatic carbocycles. The van der Waals surface area contributed by atoms with Crippen molar-refractivity contribution in [2.24, 2.45) is 10.2 Å². The molecule has 0 amide bonds. The van der Waals surface area contributed by atoms with Gasteiger partial charge < -0.3 is 9.84 Å². The summed E-state index contributed by atoms with van der Waals surface area (Å²) in [5.41, 5.74) is 5.26. The van der Waals surface area contributed by atoms with E-state index in [1.54, 1.807) is 53.6 Å². The van der Waals surface area contributed by atoms with Crippen LogP contribution in [0.25, 0.3) is 22.5 Å². The molecule has 0 aliphatic rings. The van der Waals surface area contributed by atoms with Gasteiger partial charge in [0.15, 0.2) is 0 Å². The van der Waals surface area contributed by atoms with Crippen LogP contribution in [0, 0.1) is 0 Å². The monoisotopic (exact) mass is 1030 g/mol. The van der Waals surface area contributed by atoms with Crippen LogP contribution in [0.15, 0.2) is 118 Å². The number of carboxylic acids is 1. The molecule has 0 spiro atoms. The largest absolute Gasteiger partial charge is 0.478 e. The lowest BCUT2D eigenvalue weighted by Crippen LogP contribution is -2.11. The molecule has 0 unspecified atom stereocenters. The topological polar surface area (TPSA) is 121 Å². The van der Waals surface area contributed by atoms with Gasteiger partial charge in [0.05, 0.1) is 41.6 Å². The highest BCUT2D eigenvalue weighted by Gasteiger charge is 2.14. The van der Waals surface area contributed by atoms with Crippen LogP contribution in [0.4, 0.5) is 10.3 Å². The minimum absolute atomic E-state index is 0.204. The van der Waals surface area contributed by atoms with Crippen molar-refractivity contribution in [1.82, 2.24) is 9.97 Å². The molecule has 320 valence electrons. The number of nitrogens with zero attached hydrogens (tertiary/aromatic N) is 6. The third kappa shape index (κ3) is 18.3. The molecule has 6 rings (SSSR count). The van der Waals surface area contributed by atoms with Crippen LogP contribution in [0.1, 0.15) is 71.4 Å². The molecule has 0 aliphatic heterocycles. The fraction of sp³-hybridized carbons (Fsp3) is 0.227. The van der Waals surface area contributed by atoms with Crippen LogP contribution in [0.5, 0.6) is 0 Å². The standard InChI is InChI=1S/C22H22ClN3O2S.C18H14ClN3O2S.C4H9I.B4/c1-3-4-13-28-21(27)17-10-6-5-9-16(17)14-24-26(2)22-25-20(15-29-22)18-11-7-8-12-19(18)23;1-22(20-10-12-6-2-3-7-13(12)17(23)24)18-21-16(11-25-18)14-8-4-5-9-15(14)19;1-2-3-4-5;1-4(2)3/h5-12,14-15H,3-4,13H2,1-2H3;2-11H,1H3,(H,23,24);2-4H2,1H3;/b24-14+;20-10+;;. The van der Waals surface area contributed by atoms with Crippen molar-refractivity contribution in [2.45, 2.75) is 39.5 Å². The minimum Gasteiger partial charge on any atom is -0.478 e. The number of anilines is 2. The molecule has 6 aromatic rings. The highest BCUT2D eigenvalue weighted by atomic mass is 127. The molecular weight excluding hydrogens is 982 g/mol. The number of hydrazone groups is 2. The number of aromatic nitrogens is 2. The fourth-order valence-electron chi connectivity index (χ4n) is 4.93. The molecule has 10 nitrogen and oxygen atoms in total. The number of carbonyl (C=O) groups is 2. The van der Waals surface area contributed by atoms with Gasteiger partial charge in [-0.25, -0.2) is 29.6 Å². The van der Waals surface area contributed by atoms with E-state index in [-0.39, 0.29) is 11.5 Å². The molecule has 0 bridgehead atoms. The number of thiazole rings is 2. The lowest BCUT2D eigenvalue weighted by molar-refractivity contribution is 0.0499. The zero-order chi connectivity index (χ0) is 46.1. The SMILES string of the molecule is CCCCI.CCCCOC(=O)c1ccccc1/C=N/N(C)c1nc(-c2ccccc2Cl)cs1.CN(/N=C/c1ccccc1C(=O)O)c1nc(-c2ccccc2Cl)cs1.[B]B([B])[B]. The lowest BCUT2D eigenvalue weighted by Gasteiger charge is -2.10. The third-order valence-electron chi connectivity index (χ3n) is 8.17. The summed E-state index contributed by atoms with van der Waals surface area (Å²) in [5, 5.41) is 27.8. The summed E-state index contributed by atoms with van der Waals surface area (Å²) in [4.78, 5) is 32.7. The Kier molecular flexibility index (Phi) is 24.5. The maximum Gasteiger partial charge on any atom is 0.338 e. The van der Waals surface area contributed by atoms with Gasteiger partial charge in [-0.2, -0.15) is 10.2 Å².